The Labute approximate surface area is 139 Å². The highest BCUT2D eigenvalue weighted by Crippen LogP contribution is 2.37. The van der Waals surface area contributed by atoms with Crippen molar-refractivity contribution in [2.75, 3.05) is 20.2 Å². The summed E-state index contributed by atoms with van der Waals surface area (Å²) in [5, 5.41) is 0. The average Bonchev–Trinajstić information content (AvgIpc) is 2.43. The number of nitrogens with zero attached hydrogens (tertiary/aromatic N) is 1. The molecule has 1 heterocycles. The number of ether oxygens (including phenoxy) is 2. The molecule has 1 atom stereocenters. The van der Waals surface area contributed by atoms with E-state index in [4.69, 9.17) is 9.47 Å². The fourth-order valence-electron chi connectivity index (χ4n) is 2.53. The Morgan fingerprint density at radius 1 is 1.25 bits per heavy atom. The number of halogens is 3. The zero-order valence-corrected chi connectivity index (χ0v) is 14.2. The zero-order valence-electron chi connectivity index (χ0n) is 14.2. The van der Waals surface area contributed by atoms with E-state index in [0.29, 0.717) is 18.8 Å². The third kappa shape index (κ3) is 4.13. The fraction of sp³-hybridized carbons (Fsp3) is 0.588. The SMILES string of the molecule is COc1cc(C(F)C(F)F)ccc1C1CN(C(=O)OC(C)(C)C)C1. The van der Waals surface area contributed by atoms with Crippen LogP contribution in [-0.4, -0.2) is 43.2 Å². The summed E-state index contributed by atoms with van der Waals surface area (Å²) in [7, 11) is 1.41. The largest absolute Gasteiger partial charge is 0.496 e. The number of alkyl halides is 3. The van der Waals surface area contributed by atoms with Crippen LogP contribution in [0.15, 0.2) is 18.2 Å². The Bertz CT molecular complexity index is 595. The molecule has 1 saturated heterocycles. The molecule has 1 unspecified atom stereocenters. The van der Waals surface area contributed by atoms with E-state index in [1.165, 1.54) is 19.2 Å². The summed E-state index contributed by atoms with van der Waals surface area (Å²) < 4.78 is 48.9. The normalized spacial score (nSPS) is 16.8. The van der Waals surface area contributed by atoms with Gasteiger partial charge in [-0.15, -0.1) is 0 Å². The Hall–Kier alpha value is -1.92. The Morgan fingerprint density at radius 2 is 1.88 bits per heavy atom. The van der Waals surface area contributed by atoms with Crippen molar-refractivity contribution in [2.45, 2.75) is 44.9 Å². The summed E-state index contributed by atoms with van der Waals surface area (Å²) in [6, 6.07) is 4.22. The van der Waals surface area contributed by atoms with Gasteiger partial charge in [0.25, 0.3) is 6.43 Å². The van der Waals surface area contributed by atoms with Gasteiger partial charge >= 0.3 is 6.09 Å². The maximum Gasteiger partial charge on any atom is 0.410 e. The first-order valence-corrected chi connectivity index (χ1v) is 7.70. The molecule has 1 aromatic rings. The molecule has 0 radical (unpaired) electrons. The molecule has 24 heavy (non-hydrogen) atoms. The van der Waals surface area contributed by atoms with Crippen molar-refractivity contribution in [1.29, 1.82) is 0 Å². The number of benzene rings is 1. The first-order chi connectivity index (χ1) is 11.1. The van der Waals surface area contributed by atoms with Crippen LogP contribution in [0.4, 0.5) is 18.0 Å². The van der Waals surface area contributed by atoms with E-state index in [0.717, 1.165) is 5.56 Å². The van der Waals surface area contributed by atoms with E-state index in [1.807, 2.05) is 0 Å². The van der Waals surface area contributed by atoms with Gasteiger partial charge in [0, 0.05) is 24.6 Å². The monoisotopic (exact) mass is 345 g/mol. The second-order valence-electron chi connectivity index (χ2n) is 6.82. The van der Waals surface area contributed by atoms with E-state index in [-0.39, 0.29) is 11.5 Å². The lowest BCUT2D eigenvalue weighted by Gasteiger charge is -2.40. The third-order valence-corrected chi connectivity index (χ3v) is 3.77. The van der Waals surface area contributed by atoms with E-state index < -0.39 is 24.3 Å². The van der Waals surface area contributed by atoms with Crippen LogP contribution in [-0.2, 0) is 4.74 Å². The summed E-state index contributed by atoms with van der Waals surface area (Å²) in [5.74, 6) is 0.357. The van der Waals surface area contributed by atoms with E-state index in [9.17, 15) is 18.0 Å². The van der Waals surface area contributed by atoms with Crippen LogP contribution >= 0.6 is 0 Å². The predicted molar refractivity (Wildman–Crippen MR) is 83.4 cm³/mol. The number of likely N-dealkylation sites (tertiary alicyclic amines) is 1. The van der Waals surface area contributed by atoms with Crippen LogP contribution in [0.3, 0.4) is 0 Å². The lowest BCUT2D eigenvalue weighted by atomic mass is 9.90. The lowest BCUT2D eigenvalue weighted by molar-refractivity contribution is 0.00797. The summed E-state index contributed by atoms with van der Waals surface area (Å²) in [4.78, 5) is 13.5. The van der Waals surface area contributed by atoms with Crippen LogP contribution in [0, 0.1) is 0 Å². The van der Waals surface area contributed by atoms with Gasteiger partial charge in [-0.05, 0) is 32.4 Å². The van der Waals surface area contributed by atoms with E-state index in [2.05, 4.69) is 0 Å². The maximum atomic E-state index is 13.5. The first kappa shape index (κ1) is 18.4. The second kappa shape index (κ2) is 6.91. The van der Waals surface area contributed by atoms with Crippen LogP contribution < -0.4 is 4.74 Å². The van der Waals surface area contributed by atoms with Gasteiger partial charge in [0.05, 0.1) is 7.11 Å². The van der Waals surface area contributed by atoms with Gasteiger partial charge in [0.1, 0.15) is 11.4 Å². The molecule has 0 aliphatic carbocycles. The number of methoxy groups -OCH3 is 1. The molecule has 0 N–H and O–H groups in total. The minimum absolute atomic E-state index is 0.00568. The molecule has 7 heteroatoms. The van der Waals surface area contributed by atoms with Crippen molar-refractivity contribution in [3.63, 3.8) is 0 Å². The van der Waals surface area contributed by atoms with Gasteiger partial charge in [-0.1, -0.05) is 12.1 Å². The molecule has 4 nitrogen and oxygen atoms in total. The molecule has 1 fully saturated rings. The number of carbonyl (C=O) groups excluding carboxylic acids is 1. The summed E-state index contributed by atoms with van der Waals surface area (Å²) in [5.41, 5.74) is 0.0869. The summed E-state index contributed by atoms with van der Waals surface area (Å²) >= 11 is 0. The highest BCUT2D eigenvalue weighted by molar-refractivity contribution is 5.69. The van der Waals surface area contributed by atoms with Crippen molar-refractivity contribution in [3.05, 3.63) is 29.3 Å². The molecule has 2 rings (SSSR count). The summed E-state index contributed by atoms with van der Waals surface area (Å²) in [6.07, 6.45) is -5.81. The van der Waals surface area contributed by atoms with Crippen molar-refractivity contribution in [3.8, 4) is 5.75 Å². The summed E-state index contributed by atoms with van der Waals surface area (Å²) in [6.45, 7) is 6.26. The lowest BCUT2D eigenvalue weighted by Crippen LogP contribution is -2.50. The molecule has 0 saturated carbocycles. The van der Waals surface area contributed by atoms with Gasteiger partial charge < -0.3 is 14.4 Å². The quantitative estimate of drug-likeness (QED) is 0.816. The molecule has 1 aromatic carbocycles. The topological polar surface area (TPSA) is 38.8 Å². The molecular formula is C17H22F3NO3. The average molecular weight is 345 g/mol. The predicted octanol–water partition coefficient (Wildman–Crippen LogP) is 4.31. The third-order valence-electron chi connectivity index (χ3n) is 3.77. The number of carbonyl (C=O) groups is 1. The van der Waals surface area contributed by atoms with E-state index in [1.54, 1.807) is 31.7 Å². The smallest absolute Gasteiger partial charge is 0.410 e. The minimum Gasteiger partial charge on any atom is -0.496 e. The van der Waals surface area contributed by atoms with Crippen molar-refractivity contribution in [1.82, 2.24) is 4.90 Å². The molecule has 0 bridgehead atoms. The highest BCUT2D eigenvalue weighted by Gasteiger charge is 2.36. The zero-order chi connectivity index (χ0) is 18.1. The molecular weight excluding hydrogens is 323 g/mol. The van der Waals surface area contributed by atoms with Gasteiger partial charge in [-0.2, -0.15) is 0 Å². The molecule has 1 amide bonds. The number of hydrogen-bond acceptors (Lipinski definition) is 3. The standard InChI is InChI=1S/C17H22F3NO3/c1-17(2,3)24-16(22)21-8-11(9-21)12-6-5-10(7-13(12)23-4)14(18)15(19)20/h5-7,11,14-15H,8-9H2,1-4H3. The van der Waals surface area contributed by atoms with Crippen LogP contribution in [0.25, 0.3) is 0 Å². The van der Waals surface area contributed by atoms with Crippen LogP contribution in [0.2, 0.25) is 0 Å². The van der Waals surface area contributed by atoms with Crippen molar-refractivity contribution >= 4 is 6.09 Å². The Morgan fingerprint density at radius 3 is 2.38 bits per heavy atom. The van der Waals surface area contributed by atoms with Crippen LogP contribution in [0.5, 0.6) is 5.75 Å². The number of amides is 1. The minimum atomic E-state index is -3.08. The molecule has 0 spiro atoms. The maximum absolute atomic E-state index is 13.5. The molecule has 0 aromatic heterocycles. The number of hydrogen-bond donors (Lipinski definition) is 0. The second-order valence-corrected chi connectivity index (χ2v) is 6.82. The molecule has 1 aliphatic rings. The van der Waals surface area contributed by atoms with Gasteiger partial charge in [0.2, 0.25) is 0 Å². The highest BCUT2D eigenvalue weighted by atomic mass is 19.3. The van der Waals surface area contributed by atoms with Crippen molar-refractivity contribution < 1.29 is 27.4 Å². The van der Waals surface area contributed by atoms with Crippen molar-refractivity contribution in [2.24, 2.45) is 0 Å². The fourth-order valence-corrected chi connectivity index (χ4v) is 2.53. The Balaban J connectivity index is 2.05. The van der Waals surface area contributed by atoms with Gasteiger partial charge in [-0.25, -0.2) is 18.0 Å². The molecule has 134 valence electrons. The van der Waals surface area contributed by atoms with Crippen LogP contribution in [0.1, 0.15) is 44.0 Å². The van der Waals surface area contributed by atoms with Gasteiger partial charge in [-0.3, -0.25) is 0 Å². The molecule has 1 aliphatic heterocycles. The Kier molecular flexibility index (Phi) is 5.30. The number of rotatable bonds is 4. The van der Waals surface area contributed by atoms with Gasteiger partial charge in [0.15, 0.2) is 6.17 Å². The van der Waals surface area contributed by atoms with E-state index >= 15 is 0 Å². The first-order valence-electron chi connectivity index (χ1n) is 7.70.